The van der Waals surface area contributed by atoms with Gasteiger partial charge in [0, 0.05) is 19.1 Å². The summed E-state index contributed by atoms with van der Waals surface area (Å²) in [5.41, 5.74) is 2.40. The van der Waals surface area contributed by atoms with Gasteiger partial charge in [0.05, 0.1) is 41.1 Å². The summed E-state index contributed by atoms with van der Waals surface area (Å²) in [5, 5.41) is 3.15. The molecule has 2 N–H and O–H groups in total. The van der Waals surface area contributed by atoms with Crippen LogP contribution in [0.4, 0.5) is 11.8 Å². The molecule has 31 heavy (non-hydrogen) atoms. The lowest BCUT2D eigenvalue weighted by molar-refractivity contribution is 0.0482. The van der Waals surface area contributed by atoms with E-state index in [0.29, 0.717) is 43.2 Å². The topological polar surface area (TPSA) is 97.6 Å². The second kappa shape index (κ2) is 7.54. The molecule has 5 rings (SSSR count). The number of nitrogens with zero attached hydrogens (tertiary/aromatic N) is 5. The molecule has 2 atom stereocenters. The van der Waals surface area contributed by atoms with Gasteiger partial charge in [0.15, 0.2) is 11.6 Å². The van der Waals surface area contributed by atoms with Crippen LogP contribution in [0.15, 0.2) is 24.3 Å². The van der Waals surface area contributed by atoms with Crippen LogP contribution in [-0.4, -0.2) is 63.0 Å². The Labute approximate surface area is 185 Å². The molecule has 2 aliphatic rings. The lowest BCUT2D eigenvalue weighted by Gasteiger charge is -2.45. The van der Waals surface area contributed by atoms with Crippen molar-refractivity contribution in [3.63, 3.8) is 0 Å². The predicted octanol–water partition coefficient (Wildman–Crippen LogP) is 3.28. The van der Waals surface area contributed by atoms with Gasteiger partial charge in [-0.2, -0.15) is 4.98 Å². The average Bonchev–Trinajstić information content (AvgIpc) is 3.16. The van der Waals surface area contributed by atoms with Crippen molar-refractivity contribution in [2.75, 3.05) is 37.1 Å². The summed E-state index contributed by atoms with van der Waals surface area (Å²) < 4.78 is 23.2. The molecule has 0 unspecified atom stereocenters. The standard InChI is InChI=1S/C21H26N6O3S/c1-12-9-29-10-13-11-30-16-17(21(2,3)31-28)24-20(25-18(16)26(12)13)27-15-8-6-5-7-14(15)23-19(27)22-4/h5-8,12-13,28H,9-11H2,1-4H3,(H,22,23)/t12-,13-/m1/s1. The van der Waals surface area contributed by atoms with Crippen LogP contribution in [0.5, 0.6) is 5.75 Å². The second-order valence-electron chi connectivity index (χ2n) is 8.39. The number of imidazole rings is 1. The molecule has 9 nitrogen and oxygen atoms in total. The van der Waals surface area contributed by atoms with Crippen molar-refractivity contribution in [2.45, 2.75) is 37.6 Å². The zero-order chi connectivity index (χ0) is 21.8. The molecule has 2 aromatic heterocycles. The highest BCUT2D eigenvalue weighted by molar-refractivity contribution is 7.94. The fourth-order valence-corrected chi connectivity index (χ4v) is 4.49. The number of aromatic nitrogens is 4. The third kappa shape index (κ3) is 3.20. The van der Waals surface area contributed by atoms with Crippen molar-refractivity contribution in [1.29, 1.82) is 0 Å². The first kappa shape index (κ1) is 20.3. The Kier molecular flexibility index (Phi) is 4.95. The first-order chi connectivity index (χ1) is 14.9. The lowest BCUT2D eigenvalue weighted by Crippen LogP contribution is -2.56. The van der Waals surface area contributed by atoms with Crippen molar-refractivity contribution in [3.05, 3.63) is 30.0 Å². The van der Waals surface area contributed by atoms with Crippen LogP contribution in [0.3, 0.4) is 0 Å². The highest BCUT2D eigenvalue weighted by Gasteiger charge is 2.41. The molecular weight excluding hydrogens is 416 g/mol. The van der Waals surface area contributed by atoms with E-state index < -0.39 is 4.75 Å². The highest BCUT2D eigenvalue weighted by Crippen LogP contribution is 2.45. The molecular formula is C21H26N6O3S. The summed E-state index contributed by atoms with van der Waals surface area (Å²) >= 11 is 0.749. The van der Waals surface area contributed by atoms with E-state index in [1.165, 1.54) is 0 Å². The van der Waals surface area contributed by atoms with E-state index in [-0.39, 0.29) is 12.1 Å². The van der Waals surface area contributed by atoms with Crippen molar-refractivity contribution in [1.82, 2.24) is 19.5 Å². The molecule has 1 aromatic carbocycles. The number of rotatable bonds is 4. The summed E-state index contributed by atoms with van der Waals surface area (Å²) in [6, 6.07) is 8.11. The van der Waals surface area contributed by atoms with Crippen LogP contribution in [0.1, 0.15) is 26.5 Å². The van der Waals surface area contributed by atoms with Crippen LogP contribution in [0.2, 0.25) is 0 Å². The van der Waals surface area contributed by atoms with Gasteiger partial charge in [0.25, 0.3) is 0 Å². The van der Waals surface area contributed by atoms with E-state index in [0.717, 1.165) is 28.9 Å². The first-order valence-corrected chi connectivity index (χ1v) is 11.1. The molecule has 0 aliphatic carbocycles. The van der Waals surface area contributed by atoms with Gasteiger partial charge in [-0.3, -0.25) is 0 Å². The Hall–Kier alpha value is -2.56. The summed E-state index contributed by atoms with van der Waals surface area (Å²) in [7, 11) is 1.83. The van der Waals surface area contributed by atoms with E-state index in [1.54, 1.807) is 0 Å². The number of nitrogens with one attached hydrogen (secondary N) is 1. The highest BCUT2D eigenvalue weighted by atomic mass is 32.2. The molecule has 0 radical (unpaired) electrons. The molecule has 10 heteroatoms. The molecule has 164 valence electrons. The van der Waals surface area contributed by atoms with Crippen LogP contribution in [0, 0.1) is 0 Å². The Morgan fingerprint density at radius 2 is 1.97 bits per heavy atom. The van der Waals surface area contributed by atoms with Crippen molar-refractivity contribution < 1.29 is 14.0 Å². The molecule has 4 heterocycles. The number of anilines is 2. The van der Waals surface area contributed by atoms with Gasteiger partial charge in [-0.15, -0.1) is 0 Å². The summed E-state index contributed by atoms with van der Waals surface area (Å²) in [6.45, 7) is 7.68. The number of morpholine rings is 1. The van der Waals surface area contributed by atoms with E-state index in [2.05, 4.69) is 22.1 Å². The maximum absolute atomic E-state index is 10.1. The minimum atomic E-state index is -0.694. The maximum Gasteiger partial charge on any atom is 0.239 e. The van der Waals surface area contributed by atoms with Crippen LogP contribution < -0.4 is 15.0 Å². The van der Waals surface area contributed by atoms with Gasteiger partial charge in [-0.1, -0.05) is 12.1 Å². The van der Waals surface area contributed by atoms with Crippen LogP contribution in [0.25, 0.3) is 17.0 Å². The fourth-order valence-electron chi connectivity index (χ4n) is 4.27. The zero-order valence-corrected chi connectivity index (χ0v) is 18.8. The number of benzene rings is 1. The normalized spacial score (nSPS) is 20.9. The maximum atomic E-state index is 10.1. The average molecular weight is 443 g/mol. The predicted molar refractivity (Wildman–Crippen MR) is 121 cm³/mol. The lowest BCUT2D eigenvalue weighted by atomic mass is 10.0. The zero-order valence-electron chi connectivity index (χ0n) is 18.0. The third-order valence-electron chi connectivity index (χ3n) is 5.82. The SMILES string of the molecule is CNc1nc2ccccc2n1-c1nc2c(c(C(C)(C)SO)n1)OC[C@H]1COC[C@@H](C)N21. The number of para-hydroxylation sites is 2. The monoisotopic (exact) mass is 442 g/mol. The Morgan fingerprint density at radius 3 is 2.74 bits per heavy atom. The fraction of sp³-hybridized carbons (Fsp3) is 0.476. The van der Waals surface area contributed by atoms with E-state index >= 15 is 0 Å². The Bertz CT molecular complexity index is 1130. The van der Waals surface area contributed by atoms with Gasteiger partial charge >= 0.3 is 0 Å². The second-order valence-corrected chi connectivity index (χ2v) is 9.60. The molecule has 0 amide bonds. The van der Waals surface area contributed by atoms with Gasteiger partial charge < -0.3 is 24.2 Å². The number of fused-ring (bicyclic) bond motifs is 4. The van der Waals surface area contributed by atoms with E-state index in [9.17, 15) is 4.55 Å². The summed E-state index contributed by atoms with van der Waals surface area (Å²) in [6.07, 6.45) is 0. The van der Waals surface area contributed by atoms with Crippen LogP contribution >= 0.6 is 12.0 Å². The summed E-state index contributed by atoms with van der Waals surface area (Å²) in [5.74, 6) is 2.48. The van der Waals surface area contributed by atoms with Crippen molar-refractivity contribution in [2.24, 2.45) is 0 Å². The molecule has 2 aliphatic heterocycles. The summed E-state index contributed by atoms with van der Waals surface area (Å²) in [4.78, 5) is 16.8. The van der Waals surface area contributed by atoms with Gasteiger partial charge in [-0.25, -0.2) is 14.5 Å². The Balaban J connectivity index is 1.79. The van der Waals surface area contributed by atoms with Gasteiger partial charge in [0.1, 0.15) is 12.3 Å². The van der Waals surface area contributed by atoms with Crippen molar-refractivity contribution in [3.8, 4) is 11.7 Å². The van der Waals surface area contributed by atoms with Crippen molar-refractivity contribution >= 4 is 34.8 Å². The van der Waals surface area contributed by atoms with E-state index in [4.69, 9.17) is 19.4 Å². The van der Waals surface area contributed by atoms with E-state index in [1.807, 2.05) is 49.7 Å². The molecule has 0 saturated carbocycles. The van der Waals surface area contributed by atoms with Crippen LogP contribution in [-0.2, 0) is 9.48 Å². The molecule has 1 fully saturated rings. The largest absolute Gasteiger partial charge is 0.486 e. The number of hydrogen-bond donors (Lipinski definition) is 2. The smallest absolute Gasteiger partial charge is 0.239 e. The molecule has 0 spiro atoms. The quantitative estimate of drug-likeness (QED) is 0.590. The third-order valence-corrected chi connectivity index (χ3v) is 6.47. The number of ether oxygens (including phenoxy) is 2. The first-order valence-electron chi connectivity index (χ1n) is 10.3. The minimum Gasteiger partial charge on any atom is -0.486 e. The molecule has 0 bridgehead atoms. The molecule has 1 saturated heterocycles. The van der Waals surface area contributed by atoms with Gasteiger partial charge in [-0.05, 0) is 32.9 Å². The Morgan fingerprint density at radius 1 is 1.16 bits per heavy atom. The number of hydrogen-bond acceptors (Lipinski definition) is 9. The molecule has 3 aromatic rings. The minimum absolute atomic E-state index is 0.0834. The van der Waals surface area contributed by atoms with Gasteiger partial charge in [0.2, 0.25) is 11.9 Å².